The summed E-state index contributed by atoms with van der Waals surface area (Å²) in [6.45, 7) is 2.06. The Labute approximate surface area is 67.7 Å². The van der Waals surface area contributed by atoms with E-state index in [-0.39, 0.29) is 5.48 Å². The zero-order valence-electron chi connectivity index (χ0n) is 6.15. The molecule has 0 heterocycles. The average molecular weight is 234 g/mol. The predicted molar refractivity (Wildman–Crippen MR) is 32.4 cm³/mol. The molecule has 0 aromatic carbocycles. The Morgan fingerprint density at radius 3 is 1.45 bits per heavy atom. The molecule has 0 aromatic heterocycles. The van der Waals surface area contributed by atoms with Gasteiger partial charge in [-0.3, -0.25) is 0 Å². The van der Waals surface area contributed by atoms with Gasteiger partial charge in [0, 0.05) is 6.42 Å². The van der Waals surface area contributed by atoms with E-state index in [0.29, 0.717) is 0 Å². The minimum atomic E-state index is -5.62. The average Bonchev–Trinajstić information content (AvgIpc) is 1.63. The van der Waals surface area contributed by atoms with Crippen LogP contribution in [0.15, 0.2) is 0 Å². The van der Waals surface area contributed by atoms with Crippen molar-refractivity contribution in [1.82, 2.24) is 0 Å². The summed E-state index contributed by atoms with van der Waals surface area (Å²) >= 11 is -5.62. The zero-order valence-corrected chi connectivity index (χ0v) is 8.03. The molecule has 72 valence electrons. The van der Waals surface area contributed by atoms with Crippen molar-refractivity contribution in [2.24, 2.45) is 0 Å². The number of hydrogen-bond donors (Lipinski definition) is 3. The maximum Gasteiger partial charge on any atom is 0.0794 e. The van der Waals surface area contributed by atoms with Crippen molar-refractivity contribution < 1.29 is 33.0 Å². The van der Waals surface area contributed by atoms with Crippen molar-refractivity contribution in [3.05, 3.63) is 0 Å². The molecule has 0 aliphatic rings. The molecule has 8 heteroatoms. The second-order valence-corrected chi connectivity index (χ2v) is 3.50. The molecule has 0 aliphatic carbocycles. The van der Waals surface area contributed by atoms with Crippen LogP contribution in [0, 0.1) is 0 Å². The van der Waals surface area contributed by atoms with Crippen LogP contribution in [0.3, 0.4) is 0 Å². The molecule has 7 nitrogen and oxygen atoms in total. The van der Waals surface area contributed by atoms with Crippen LogP contribution in [0.5, 0.6) is 0 Å². The summed E-state index contributed by atoms with van der Waals surface area (Å²) < 4.78 is 33.2. The van der Waals surface area contributed by atoms with E-state index in [1.165, 1.54) is 6.42 Å². The van der Waals surface area contributed by atoms with E-state index in [1.807, 2.05) is 0 Å². The van der Waals surface area contributed by atoms with Crippen LogP contribution < -0.4 is 19.7 Å². The molecule has 0 saturated heterocycles. The Kier molecular flexibility index (Phi) is 15.9. The summed E-state index contributed by atoms with van der Waals surface area (Å²) in [6, 6.07) is 0. The van der Waals surface area contributed by atoms with E-state index in [1.54, 1.807) is 0 Å². The number of rotatable bonds is 2. The zero-order chi connectivity index (χ0) is 8.62. The van der Waals surface area contributed by atoms with Crippen molar-refractivity contribution in [1.29, 1.82) is 0 Å². The third-order valence-electron chi connectivity index (χ3n) is 0.500. The molecule has 9 N–H and O–H groups in total. The minimum absolute atomic E-state index is 0. The molecule has 11 heavy (non-hydrogen) atoms. The Balaban J connectivity index is -0.000000107. The van der Waals surface area contributed by atoms with Crippen LogP contribution in [-0.2, 0) is 3.74 Å². The fourth-order valence-electron chi connectivity index (χ4n) is 0.177. The van der Waals surface area contributed by atoms with E-state index in [0.717, 1.165) is 13.1 Å². The van der Waals surface area contributed by atoms with Gasteiger partial charge in [-0.25, -0.2) is 0 Å². The molecule has 0 radical (unpaired) electrons. The van der Waals surface area contributed by atoms with E-state index in [4.69, 9.17) is 16.0 Å². The third kappa shape index (κ3) is 149. The van der Waals surface area contributed by atoms with Crippen molar-refractivity contribution in [2.75, 3.05) is 13.1 Å². The second kappa shape index (κ2) is 10.1. The van der Waals surface area contributed by atoms with Crippen molar-refractivity contribution in [3.8, 4) is 0 Å². The van der Waals surface area contributed by atoms with Crippen LogP contribution in [0.4, 0.5) is 0 Å². The summed E-state index contributed by atoms with van der Waals surface area (Å²) in [5.41, 5.74) is 7.27. The molecular weight excluding hydrogens is 219 g/mol. The van der Waals surface area contributed by atoms with Gasteiger partial charge in [0.2, 0.25) is 0 Å². The first-order valence-corrected chi connectivity index (χ1v) is 5.89. The normalized spacial score (nSPS) is 9.18. The first kappa shape index (κ1) is 17.3. The Hall–Kier alpha value is 0.118. The Bertz CT molecular complexity index is 93.6. The standard InChI is InChI=1S/C3H10N2.AsH3O4.H2O/c4-2-1-3-5;2-1(3,4)5;/h1-5H2;(H3,2,3,4,5);1H2. The largest absolute Gasteiger partial charge is 0.357 e. The Morgan fingerprint density at radius 1 is 1.27 bits per heavy atom. The van der Waals surface area contributed by atoms with Gasteiger partial charge in [-0.15, -0.1) is 0 Å². The fourth-order valence-corrected chi connectivity index (χ4v) is 0.177. The van der Waals surface area contributed by atoms with Crippen LogP contribution >= 0.6 is 0 Å². The summed E-state index contributed by atoms with van der Waals surface area (Å²) in [5, 5.41) is 0. The first-order valence-electron chi connectivity index (χ1n) is 2.75. The molecule has 0 amide bonds. The Morgan fingerprint density at radius 2 is 1.45 bits per heavy atom. The predicted octanol–water partition coefficient (Wildman–Crippen LogP) is -6.40. The fraction of sp³-hybridized carbons (Fsp3) is 1.00. The van der Waals surface area contributed by atoms with Crippen LogP contribution in [-0.4, -0.2) is 37.2 Å². The summed E-state index contributed by atoms with van der Waals surface area (Å²) in [7, 11) is 0. The number of hydrogen-bond acceptors (Lipinski definition) is 3. The van der Waals surface area contributed by atoms with Gasteiger partial charge in [0.15, 0.2) is 0 Å². The van der Waals surface area contributed by atoms with Crippen molar-refractivity contribution in [3.63, 3.8) is 0 Å². The van der Waals surface area contributed by atoms with E-state index >= 15 is 0 Å². The van der Waals surface area contributed by atoms with Gasteiger partial charge in [0.25, 0.3) is 0 Å². The van der Waals surface area contributed by atoms with Crippen LogP contribution in [0.1, 0.15) is 6.42 Å². The first-order chi connectivity index (χ1) is 4.41. The monoisotopic (exact) mass is 234 g/mol. The van der Waals surface area contributed by atoms with Gasteiger partial charge in [-0.05, 0) is 0 Å². The maximum atomic E-state index is 8.72. The van der Waals surface area contributed by atoms with Crippen molar-refractivity contribution in [2.45, 2.75) is 6.42 Å². The molecule has 0 unspecified atom stereocenters. The molecule has 0 saturated carbocycles. The van der Waals surface area contributed by atoms with Gasteiger partial charge in [0.05, 0.1) is 13.1 Å². The van der Waals surface area contributed by atoms with Gasteiger partial charge in [-0.2, -0.15) is 0 Å². The SMILES string of the molecule is O.O=[As]([O-])([O-])O.[NH3+]CCC[NH3+]. The maximum absolute atomic E-state index is 8.72. The molecule has 0 aromatic rings. The summed E-state index contributed by atoms with van der Waals surface area (Å²) in [4.78, 5) is 0. The summed E-state index contributed by atoms with van der Waals surface area (Å²) in [5.74, 6) is 0. The van der Waals surface area contributed by atoms with Gasteiger partial charge in [-0.1, -0.05) is 0 Å². The molecule has 0 spiro atoms. The van der Waals surface area contributed by atoms with Gasteiger partial charge < -0.3 is 16.9 Å². The topological polar surface area (TPSA) is 170 Å². The molecule has 0 bridgehead atoms. The third-order valence-corrected chi connectivity index (χ3v) is 0.500. The van der Waals surface area contributed by atoms with Gasteiger partial charge in [0.1, 0.15) is 0 Å². The van der Waals surface area contributed by atoms with Crippen molar-refractivity contribution >= 4 is 14.5 Å². The quantitative estimate of drug-likeness (QED) is 0.403. The van der Waals surface area contributed by atoms with E-state index in [9.17, 15) is 0 Å². The second-order valence-electron chi connectivity index (χ2n) is 1.53. The van der Waals surface area contributed by atoms with Crippen LogP contribution in [0.2, 0.25) is 0 Å². The summed E-state index contributed by atoms with van der Waals surface area (Å²) in [6.07, 6.45) is 1.17. The van der Waals surface area contributed by atoms with Crippen LogP contribution in [0.25, 0.3) is 0 Å². The molecule has 0 fully saturated rings. The molecular formula is C3H15AsN2O5. The molecule has 0 aliphatic heterocycles. The smallest absolute Gasteiger partial charge is 0.0794 e. The molecule has 0 rings (SSSR count). The number of quaternary nitrogens is 2. The van der Waals surface area contributed by atoms with E-state index < -0.39 is 14.5 Å². The minimum Gasteiger partial charge on any atom is -0.357 e. The van der Waals surface area contributed by atoms with Gasteiger partial charge >= 0.3 is 30.5 Å². The molecule has 0 atom stereocenters. The van der Waals surface area contributed by atoms with E-state index in [2.05, 4.69) is 11.5 Å².